The first-order chi connectivity index (χ1) is 17.4. The van der Waals surface area contributed by atoms with Gasteiger partial charge in [-0.1, -0.05) is 41.4 Å². The Morgan fingerprint density at radius 3 is 2.53 bits per heavy atom. The average Bonchev–Trinajstić information content (AvgIpc) is 2.87. The van der Waals surface area contributed by atoms with Crippen LogP contribution in [0.1, 0.15) is 28.4 Å². The zero-order chi connectivity index (χ0) is 25.9. The van der Waals surface area contributed by atoms with Crippen LogP contribution < -0.4 is 25.0 Å². The molecule has 188 valence electrons. The zero-order valence-electron chi connectivity index (χ0n) is 19.7. The van der Waals surface area contributed by atoms with E-state index in [2.05, 4.69) is 15.8 Å². The van der Waals surface area contributed by atoms with Gasteiger partial charge in [0, 0.05) is 15.6 Å². The number of ether oxygens (including phenoxy) is 3. The van der Waals surface area contributed by atoms with E-state index in [1.807, 2.05) is 6.92 Å². The first kappa shape index (κ1) is 26.8. The number of carbonyl (C=O) groups is 2. The molecule has 0 spiro atoms. The van der Waals surface area contributed by atoms with Crippen LogP contribution in [-0.4, -0.2) is 38.3 Å². The lowest BCUT2D eigenvalue weighted by molar-refractivity contribution is -0.120. The Bertz CT molecular complexity index is 1250. The molecule has 3 aromatic carbocycles. The standard InChI is InChI=1S/C26H25Cl2N3O5/c1-3-35-24-12-17(8-11-23(24)36-16-18-9-10-19(27)13-21(18)28)14-30-31-25(32)15-29-26(33)20-6-4-5-7-22(20)34-2/h4-14H,3,15-16H2,1-2H3,(H,29,33)(H,31,32). The third-order valence-corrected chi connectivity index (χ3v) is 5.42. The van der Waals surface area contributed by atoms with Gasteiger partial charge >= 0.3 is 0 Å². The zero-order valence-corrected chi connectivity index (χ0v) is 21.2. The van der Waals surface area contributed by atoms with Crippen LogP contribution in [0, 0.1) is 0 Å². The Labute approximate surface area is 219 Å². The van der Waals surface area contributed by atoms with Crippen molar-refractivity contribution in [2.45, 2.75) is 13.5 Å². The van der Waals surface area contributed by atoms with Gasteiger partial charge in [-0.25, -0.2) is 5.43 Å². The fourth-order valence-electron chi connectivity index (χ4n) is 3.09. The summed E-state index contributed by atoms with van der Waals surface area (Å²) in [6.07, 6.45) is 1.46. The van der Waals surface area contributed by atoms with Gasteiger partial charge in [-0.05, 0) is 55.0 Å². The molecule has 0 atom stereocenters. The van der Waals surface area contributed by atoms with Crippen molar-refractivity contribution in [2.24, 2.45) is 5.10 Å². The Hall–Kier alpha value is -3.75. The second-order valence-corrected chi connectivity index (χ2v) is 8.18. The summed E-state index contributed by atoms with van der Waals surface area (Å²) in [7, 11) is 1.47. The largest absolute Gasteiger partial charge is 0.496 e. The Kier molecular flexibility index (Phi) is 9.97. The van der Waals surface area contributed by atoms with E-state index < -0.39 is 11.8 Å². The molecule has 0 aliphatic carbocycles. The number of carbonyl (C=O) groups excluding carboxylic acids is 2. The smallest absolute Gasteiger partial charge is 0.259 e. The number of benzene rings is 3. The Morgan fingerprint density at radius 1 is 0.972 bits per heavy atom. The van der Waals surface area contributed by atoms with Gasteiger partial charge in [0.25, 0.3) is 11.8 Å². The minimum absolute atomic E-state index is 0.236. The molecule has 0 aliphatic rings. The number of rotatable bonds is 11. The highest BCUT2D eigenvalue weighted by Crippen LogP contribution is 2.30. The molecule has 0 fully saturated rings. The van der Waals surface area contributed by atoms with Gasteiger partial charge in [0.2, 0.25) is 0 Å². The van der Waals surface area contributed by atoms with Crippen LogP contribution in [0.15, 0.2) is 65.8 Å². The van der Waals surface area contributed by atoms with Gasteiger partial charge in [-0.2, -0.15) is 5.10 Å². The summed E-state index contributed by atoms with van der Waals surface area (Å²) in [5.41, 5.74) is 4.17. The maximum Gasteiger partial charge on any atom is 0.259 e. The van der Waals surface area contributed by atoms with E-state index in [-0.39, 0.29) is 13.2 Å². The summed E-state index contributed by atoms with van der Waals surface area (Å²) in [5, 5.41) is 7.54. The fraction of sp³-hybridized carbons (Fsp3) is 0.192. The predicted molar refractivity (Wildman–Crippen MR) is 139 cm³/mol. The fourth-order valence-corrected chi connectivity index (χ4v) is 3.56. The van der Waals surface area contributed by atoms with E-state index in [9.17, 15) is 9.59 Å². The summed E-state index contributed by atoms with van der Waals surface area (Å²) >= 11 is 12.2. The second kappa shape index (κ2) is 13.4. The Balaban J connectivity index is 1.55. The first-order valence-corrected chi connectivity index (χ1v) is 11.7. The normalized spacial score (nSPS) is 10.7. The van der Waals surface area contributed by atoms with Crippen molar-refractivity contribution in [3.63, 3.8) is 0 Å². The third kappa shape index (κ3) is 7.63. The molecule has 3 rings (SSSR count). The van der Waals surface area contributed by atoms with Crippen molar-refractivity contribution >= 4 is 41.2 Å². The van der Waals surface area contributed by atoms with Crippen LogP contribution in [0.25, 0.3) is 0 Å². The van der Waals surface area contributed by atoms with Crippen LogP contribution in [-0.2, 0) is 11.4 Å². The molecule has 0 aromatic heterocycles. The van der Waals surface area contributed by atoms with E-state index >= 15 is 0 Å². The van der Waals surface area contributed by atoms with E-state index in [4.69, 9.17) is 37.4 Å². The summed E-state index contributed by atoms with van der Waals surface area (Å²) in [4.78, 5) is 24.4. The van der Waals surface area contributed by atoms with Crippen molar-refractivity contribution in [3.8, 4) is 17.2 Å². The van der Waals surface area contributed by atoms with Gasteiger partial charge in [0.1, 0.15) is 12.4 Å². The lowest BCUT2D eigenvalue weighted by Crippen LogP contribution is -2.35. The minimum atomic E-state index is -0.487. The summed E-state index contributed by atoms with van der Waals surface area (Å²) in [6.45, 7) is 2.28. The molecular formula is C26H25Cl2N3O5. The van der Waals surface area contributed by atoms with Gasteiger partial charge in [-0.15, -0.1) is 0 Å². The number of nitrogens with zero attached hydrogens (tertiary/aromatic N) is 1. The molecule has 2 N–H and O–H groups in total. The minimum Gasteiger partial charge on any atom is -0.496 e. The quantitative estimate of drug-likeness (QED) is 0.273. The molecule has 36 heavy (non-hydrogen) atoms. The molecule has 0 radical (unpaired) electrons. The van der Waals surface area contributed by atoms with Crippen molar-refractivity contribution < 1.29 is 23.8 Å². The number of hydrogen-bond donors (Lipinski definition) is 2. The van der Waals surface area contributed by atoms with Crippen LogP contribution in [0.2, 0.25) is 10.0 Å². The highest BCUT2D eigenvalue weighted by atomic mass is 35.5. The second-order valence-electron chi connectivity index (χ2n) is 7.34. The van der Waals surface area contributed by atoms with E-state index in [1.165, 1.54) is 13.3 Å². The number of hydrogen-bond acceptors (Lipinski definition) is 6. The number of hydrazone groups is 1. The molecule has 0 bridgehead atoms. The van der Waals surface area contributed by atoms with Gasteiger partial charge in [0.15, 0.2) is 11.5 Å². The molecule has 8 nitrogen and oxygen atoms in total. The molecule has 0 saturated heterocycles. The summed E-state index contributed by atoms with van der Waals surface area (Å²) < 4.78 is 16.7. The number of nitrogens with one attached hydrogen (secondary N) is 2. The van der Waals surface area contributed by atoms with Crippen LogP contribution in [0.3, 0.4) is 0 Å². The predicted octanol–water partition coefficient (Wildman–Crippen LogP) is 4.86. The maximum absolute atomic E-state index is 12.3. The van der Waals surface area contributed by atoms with E-state index in [0.29, 0.717) is 45.0 Å². The average molecular weight is 530 g/mol. The topological polar surface area (TPSA) is 98.2 Å². The number of para-hydroxylation sites is 1. The van der Waals surface area contributed by atoms with Gasteiger partial charge in [-0.3, -0.25) is 9.59 Å². The first-order valence-electron chi connectivity index (χ1n) is 11.0. The molecule has 0 heterocycles. The lowest BCUT2D eigenvalue weighted by Gasteiger charge is -2.13. The van der Waals surface area contributed by atoms with E-state index in [0.717, 1.165) is 5.56 Å². The molecule has 0 saturated carbocycles. The molecular weight excluding hydrogens is 505 g/mol. The highest BCUT2D eigenvalue weighted by molar-refractivity contribution is 6.35. The van der Waals surface area contributed by atoms with Gasteiger partial charge < -0.3 is 19.5 Å². The molecule has 0 aliphatic heterocycles. The maximum atomic E-state index is 12.3. The van der Waals surface area contributed by atoms with Crippen molar-refractivity contribution in [2.75, 3.05) is 20.3 Å². The van der Waals surface area contributed by atoms with Gasteiger partial charge in [0.05, 0.1) is 32.0 Å². The summed E-state index contributed by atoms with van der Waals surface area (Å²) in [5.74, 6) is 0.551. The molecule has 0 unspecified atom stereocenters. The van der Waals surface area contributed by atoms with Crippen LogP contribution >= 0.6 is 23.2 Å². The molecule has 3 aromatic rings. The van der Waals surface area contributed by atoms with Crippen molar-refractivity contribution in [3.05, 3.63) is 87.4 Å². The van der Waals surface area contributed by atoms with Crippen LogP contribution in [0.5, 0.6) is 17.2 Å². The number of halogens is 2. The van der Waals surface area contributed by atoms with Crippen molar-refractivity contribution in [1.82, 2.24) is 10.7 Å². The van der Waals surface area contributed by atoms with E-state index in [1.54, 1.807) is 60.7 Å². The number of methoxy groups -OCH3 is 1. The van der Waals surface area contributed by atoms with Crippen LogP contribution in [0.4, 0.5) is 0 Å². The monoisotopic (exact) mass is 529 g/mol. The molecule has 2 amide bonds. The highest BCUT2D eigenvalue weighted by Gasteiger charge is 2.12. The number of amides is 2. The Morgan fingerprint density at radius 2 is 1.78 bits per heavy atom. The SMILES string of the molecule is CCOc1cc(C=NNC(=O)CNC(=O)c2ccccc2OC)ccc1OCc1ccc(Cl)cc1Cl. The third-order valence-electron chi connectivity index (χ3n) is 4.83. The molecule has 10 heteroatoms. The van der Waals surface area contributed by atoms with Crippen molar-refractivity contribution in [1.29, 1.82) is 0 Å². The summed E-state index contributed by atoms with van der Waals surface area (Å²) in [6, 6.07) is 17.2. The lowest BCUT2D eigenvalue weighted by atomic mass is 10.2.